The number of pyridine rings is 1. The summed E-state index contributed by atoms with van der Waals surface area (Å²) in [7, 11) is 0. The summed E-state index contributed by atoms with van der Waals surface area (Å²) in [5, 5.41) is 17.6. The summed E-state index contributed by atoms with van der Waals surface area (Å²) < 4.78 is 0.705. The van der Waals surface area contributed by atoms with E-state index in [2.05, 4.69) is 58.3 Å². The van der Waals surface area contributed by atoms with Gasteiger partial charge in [0.25, 0.3) is 5.56 Å². The molecule has 0 bridgehead atoms. The molecule has 0 aliphatic rings. The van der Waals surface area contributed by atoms with Gasteiger partial charge in [-0.05, 0) is 42.0 Å². The highest BCUT2D eigenvalue weighted by atomic mass is 127. The van der Waals surface area contributed by atoms with E-state index in [9.17, 15) is 4.79 Å². The van der Waals surface area contributed by atoms with Crippen molar-refractivity contribution in [2.75, 3.05) is 5.32 Å². The molecule has 0 fully saturated rings. The largest absolute Gasteiger partial charge is 0.307 e. The van der Waals surface area contributed by atoms with E-state index in [-0.39, 0.29) is 5.56 Å². The summed E-state index contributed by atoms with van der Waals surface area (Å²) in [6.45, 7) is 0. The van der Waals surface area contributed by atoms with Gasteiger partial charge in [-0.1, -0.05) is 34.7 Å². The third kappa shape index (κ3) is 3.59. The Morgan fingerprint density at radius 2 is 1.79 bits per heavy atom. The van der Waals surface area contributed by atoms with Crippen LogP contribution in [0, 0.1) is 0 Å². The lowest BCUT2D eigenvalue weighted by molar-refractivity contribution is 1.05. The molecule has 166 valence electrons. The van der Waals surface area contributed by atoms with Crippen LogP contribution in [0.4, 0.5) is 11.8 Å². The molecule has 0 spiro atoms. The first-order chi connectivity index (χ1) is 16.7. The average Bonchev–Trinajstić information content (AvgIpc) is 3.46. The maximum Gasteiger partial charge on any atom is 0.271 e. The zero-order valence-electron chi connectivity index (χ0n) is 17.5. The molecule has 4 aromatic heterocycles. The van der Waals surface area contributed by atoms with Crippen LogP contribution in [0.25, 0.3) is 44.6 Å². The molecule has 6 rings (SSSR count). The number of nitrogens with zero attached hydrogens (tertiary/aromatic N) is 5. The Balaban J connectivity index is 1.54. The lowest BCUT2D eigenvalue weighted by Crippen LogP contribution is -2.05. The number of hydrogen-bond acceptors (Lipinski definition) is 7. The van der Waals surface area contributed by atoms with Gasteiger partial charge in [0.2, 0.25) is 5.95 Å². The summed E-state index contributed by atoms with van der Waals surface area (Å²) in [4.78, 5) is 30.6. The molecule has 0 saturated carbocycles. The maximum atomic E-state index is 12.3. The number of nitrogens with one attached hydrogen (secondary N) is 4. The molecule has 10 nitrogen and oxygen atoms in total. The second-order valence-electron chi connectivity index (χ2n) is 7.56. The fraction of sp³-hybridized carbons (Fsp3) is 0.0435. The molecule has 0 amide bonds. The lowest BCUT2D eigenvalue weighted by atomic mass is 10.1. The Bertz CT molecular complexity index is 1700. The molecule has 6 aromatic rings. The molecule has 4 heterocycles. The van der Waals surface area contributed by atoms with Crippen LogP contribution in [0.2, 0.25) is 0 Å². The number of H-pyrrole nitrogens is 3. The summed E-state index contributed by atoms with van der Waals surface area (Å²) in [5.74, 6) is 1.86. The Morgan fingerprint density at radius 1 is 0.912 bits per heavy atom. The number of alkyl halides is 1. The van der Waals surface area contributed by atoms with Gasteiger partial charge in [0.1, 0.15) is 0 Å². The summed E-state index contributed by atoms with van der Waals surface area (Å²) >= 11 is 2.29. The number of benzene rings is 2. The van der Waals surface area contributed by atoms with Crippen molar-refractivity contribution in [2.45, 2.75) is 4.43 Å². The number of para-hydroxylation sites is 1. The third-order valence-electron chi connectivity index (χ3n) is 5.44. The number of anilines is 2. The maximum absolute atomic E-state index is 12.3. The molecular formula is C23H16IN9O. The van der Waals surface area contributed by atoms with Crippen molar-refractivity contribution in [3.63, 3.8) is 0 Å². The molecule has 0 aliphatic carbocycles. The number of halogens is 1. The molecule has 0 aliphatic heterocycles. The molecule has 4 N–H and O–H groups in total. The van der Waals surface area contributed by atoms with Gasteiger partial charge >= 0.3 is 0 Å². The van der Waals surface area contributed by atoms with Crippen LogP contribution in [-0.4, -0.2) is 40.3 Å². The first kappa shape index (κ1) is 20.5. The Kier molecular flexibility index (Phi) is 5.02. The molecule has 0 unspecified atom stereocenters. The van der Waals surface area contributed by atoms with Crippen molar-refractivity contribution in [1.29, 1.82) is 0 Å². The molecule has 0 radical (unpaired) electrons. The first-order valence-corrected chi connectivity index (χ1v) is 11.9. The van der Waals surface area contributed by atoms with Crippen molar-refractivity contribution in [1.82, 2.24) is 40.3 Å². The number of aromatic amines is 3. The summed E-state index contributed by atoms with van der Waals surface area (Å²) in [6.07, 6.45) is 3.40. The van der Waals surface area contributed by atoms with Gasteiger partial charge < -0.3 is 5.32 Å². The van der Waals surface area contributed by atoms with Crippen LogP contribution >= 0.6 is 22.6 Å². The zero-order chi connectivity index (χ0) is 23.1. The van der Waals surface area contributed by atoms with Crippen LogP contribution in [0.5, 0.6) is 0 Å². The van der Waals surface area contributed by atoms with Crippen molar-refractivity contribution >= 4 is 56.2 Å². The minimum Gasteiger partial charge on any atom is -0.307 e. The van der Waals surface area contributed by atoms with Crippen molar-refractivity contribution in [2.24, 2.45) is 0 Å². The zero-order valence-corrected chi connectivity index (χ0v) is 19.7. The average molecular weight is 561 g/mol. The molecule has 2 aromatic carbocycles. The Morgan fingerprint density at radius 3 is 2.65 bits per heavy atom. The lowest BCUT2D eigenvalue weighted by Gasteiger charge is -2.11. The van der Waals surface area contributed by atoms with E-state index >= 15 is 0 Å². The highest BCUT2D eigenvalue weighted by Crippen LogP contribution is 2.30. The van der Waals surface area contributed by atoms with Crippen LogP contribution in [0.1, 0.15) is 5.56 Å². The van der Waals surface area contributed by atoms with Gasteiger partial charge in [-0.3, -0.25) is 25.1 Å². The van der Waals surface area contributed by atoms with Gasteiger partial charge in [-0.15, -0.1) is 0 Å². The van der Waals surface area contributed by atoms with Gasteiger partial charge in [0.05, 0.1) is 16.4 Å². The Hall–Kier alpha value is -4.13. The normalized spacial score (nSPS) is 11.3. The highest BCUT2D eigenvalue weighted by Gasteiger charge is 2.17. The fourth-order valence-corrected chi connectivity index (χ4v) is 4.42. The highest BCUT2D eigenvalue weighted by molar-refractivity contribution is 14.1. The van der Waals surface area contributed by atoms with Crippen LogP contribution < -0.4 is 10.9 Å². The smallest absolute Gasteiger partial charge is 0.271 e. The Labute approximate surface area is 205 Å². The predicted molar refractivity (Wildman–Crippen MR) is 138 cm³/mol. The van der Waals surface area contributed by atoms with Crippen LogP contribution in [0.3, 0.4) is 0 Å². The van der Waals surface area contributed by atoms with Gasteiger partial charge in [0, 0.05) is 33.3 Å². The third-order valence-corrected chi connectivity index (χ3v) is 6.26. The van der Waals surface area contributed by atoms with Crippen LogP contribution in [0.15, 0.2) is 65.7 Å². The quantitative estimate of drug-likeness (QED) is 0.182. The van der Waals surface area contributed by atoms with Gasteiger partial charge in [0.15, 0.2) is 17.5 Å². The minimum atomic E-state index is -0.195. The van der Waals surface area contributed by atoms with E-state index < -0.39 is 0 Å². The number of fused-ring (bicyclic) bond motifs is 2. The van der Waals surface area contributed by atoms with Gasteiger partial charge in [-0.25, -0.2) is 4.98 Å². The summed E-state index contributed by atoms with van der Waals surface area (Å²) in [5.41, 5.74) is 3.94. The van der Waals surface area contributed by atoms with Gasteiger partial charge in [-0.2, -0.15) is 15.1 Å². The summed E-state index contributed by atoms with van der Waals surface area (Å²) in [6, 6.07) is 15.3. The standard InChI is InChI=1S/C23H16IN9O/c24-10-13-8-18-16(22(34)33-31-18)9-15(13)20-26-19(12-4-3-7-25-11-12)27-23(28-20)29-21-14-5-1-2-6-17(14)30-32-21/h1-9,11H,10H2,(H2,31,33,34)(H2,26,27,28,29,30,32). The first-order valence-electron chi connectivity index (χ1n) is 10.4. The van der Waals surface area contributed by atoms with E-state index in [0.717, 1.165) is 33.1 Å². The van der Waals surface area contributed by atoms with Crippen molar-refractivity contribution in [3.8, 4) is 22.8 Å². The number of aromatic nitrogens is 8. The van der Waals surface area contributed by atoms with Crippen LogP contribution in [-0.2, 0) is 4.43 Å². The monoisotopic (exact) mass is 561 g/mol. The van der Waals surface area contributed by atoms with E-state index in [1.165, 1.54) is 0 Å². The SMILES string of the molecule is O=c1[nH][nH]c2cc(CI)c(-c3nc(Nc4n[nH]c5ccccc45)nc(-c4cccnc4)n3)cc12. The number of rotatable bonds is 5. The van der Waals surface area contributed by atoms with E-state index in [1.807, 2.05) is 48.5 Å². The van der Waals surface area contributed by atoms with Crippen molar-refractivity contribution in [3.05, 3.63) is 76.8 Å². The second-order valence-corrected chi connectivity index (χ2v) is 8.32. The molecular weight excluding hydrogens is 545 g/mol. The second kappa shape index (κ2) is 8.33. The van der Waals surface area contributed by atoms with E-state index in [4.69, 9.17) is 9.97 Å². The topological polar surface area (TPSA) is 141 Å². The molecule has 11 heteroatoms. The predicted octanol–water partition coefficient (Wildman–Crippen LogP) is 4.33. The molecule has 0 atom stereocenters. The fourth-order valence-electron chi connectivity index (χ4n) is 3.79. The molecule has 0 saturated heterocycles. The number of hydrogen-bond donors (Lipinski definition) is 4. The van der Waals surface area contributed by atoms with E-state index in [1.54, 1.807) is 12.4 Å². The van der Waals surface area contributed by atoms with E-state index in [0.29, 0.717) is 33.2 Å². The van der Waals surface area contributed by atoms with Crippen molar-refractivity contribution < 1.29 is 0 Å². The molecule has 34 heavy (non-hydrogen) atoms. The minimum absolute atomic E-state index is 0.195.